The summed E-state index contributed by atoms with van der Waals surface area (Å²) in [5.74, 6) is 0.936. The maximum absolute atomic E-state index is 3.76. The quantitative estimate of drug-likeness (QED) is 0.475. The molecule has 1 rings (SSSR count). The molecule has 0 saturated heterocycles. The van der Waals surface area contributed by atoms with E-state index in [2.05, 4.69) is 28.6 Å². The van der Waals surface area contributed by atoms with Gasteiger partial charge in [-0.3, -0.25) is 0 Å². The lowest BCUT2D eigenvalue weighted by atomic mass is 9.87. The van der Waals surface area contributed by atoms with Crippen LogP contribution in [0.1, 0.15) is 32.1 Å². The predicted octanol–water partition coefficient (Wildman–Crippen LogP) is 3.52. The van der Waals surface area contributed by atoms with Crippen molar-refractivity contribution >= 4 is 15.9 Å². The van der Waals surface area contributed by atoms with Gasteiger partial charge in [0, 0.05) is 4.83 Å². The van der Waals surface area contributed by atoms with Gasteiger partial charge >= 0.3 is 0 Å². The number of alkyl halides is 1. The Morgan fingerprint density at radius 2 is 1.90 bits per heavy atom. The van der Waals surface area contributed by atoms with Crippen molar-refractivity contribution in [2.75, 3.05) is 0 Å². The second-order valence-corrected chi connectivity index (χ2v) is 4.44. The van der Waals surface area contributed by atoms with Crippen LogP contribution >= 0.6 is 15.9 Å². The Morgan fingerprint density at radius 3 is 2.40 bits per heavy atom. The molecule has 0 nitrogen and oxygen atoms in total. The highest BCUT2D eigenvalue weighted by Gasteiger charge is 2.17. The summed E-state index contributed by atoms with van der Waals surface area (Å²) in [6, 6.07) is 0. The van der Waals surface area contributed by atoms with Crippen LogP contribution in [0, 0.1) is 5.92 Å². The SMILES string of the molecule is C=CC[C@H]1CC[C@H](Br)CC1. The highest BCUT2D eigenvalue weighted by Crippen LogP contribution is 2.30. The van der Waals surface area contributed by atoms with Crippen molar-refractivity contribution in [1.29, 1.82) is 0 Å². The maximum atomic E-state index is 3.76. The second-order valence-electron chi connectivity index (χ2n) is 3.14. The van der Waals surface area contributed by atoms with Crippen molar-refractivity contribution in [1.82, 2.24) is 0 Å². The van der Waals surface area contributed by atoms with E-state index in [0.717, 1.165) is 10.7 Å². The van der Waals surface area contributed by atoms with Gasteiger partial charge < -0.3 is 0 Å². The molecule has 1 aliphatic carbocycles. The monoisotopic (exact) mass is 202 g/mol. The van der Waals surface area contributed by atoms with Gasteiger partial charge in [-0.25, -0.2) is 0 Å². The Balaban J connectivity index is 2.19. The molecule has 1 fully saturated rings. The number of hydrogen-bond acceptors (Lipinski definition) is 0. The van der Waals surface area contributed by atoms with Crippen molar-refractivity contribution in [3.8, 4) is 0 Å². The Labute approximate surface area is 71.8 Å². The highest BCUT2D eigenvalue weighted by atomic mass is 79.9. The molecule has 0 aromatic carbocycles. The largest absolute Gasteiger partial charge is 0.103 e. The van der Waals surface area contributed by atoms with Crippen LogP contribution < -0.4 is 0 Å². The fourth-order valence-corrected chi connectivity index (χ4v) is 2.12. The Kier molecular flexibility index (Phi) is 3.47. The number of halogens is 1. The molecule has 0 aliphatic heterocycles. The minimum atomic E-state index is 0.800. The maximum Gasteiger partial charge on any atom is 0.0146 e. The molecule has 0 heterocycles. The van der Waals surface area contributed by atoms with Crippen molar-refractivity contribution in [2.45, 2.75) is 36.9 Å². The first kappa shape index (κ1) is 8.32. The van der Waals surface area contributed by atoms with Gasteiger partial charge in [0.25, 0.3) is 0 Å². The molecule has 58 valence electrons. The number of rotatable bonds is 2. The van der Waals surface area contributed by atoms with E-state index in [9.17, 15) is 0 Å². The normalized spacial score (nSPS) is 33.7. The van der Waals surface area contributed by atoms with Crippen LogP contribution in [0.4, 0.5) is 0 Å². The first-order chi connectivity index (χ1) is 4.83. The summed E-state index contributed by atoms with van der Waals surface area (Å²) in [4.78, 5) is 0.800. The molecular weight excluding hydrogens is 188 g/mol. The molecule has 0 aromatic rings. The number of allylic oxidation sites excluding steroid dienone is 1. The van der Waals surface area contributed by atoms with Crippen molar-refractivity contribution in [3.63, 3.8) is 0 Å². The first-order valence-electron chi connectivity index (χ1n) is 4.08. The summed E-state index contributed by atoms with van der Waals surface area (Å²) in [7, 11) is 0. The van der Waals surface area contributed by atoms with Gasteiger partial charge in [-0.05, 0) is 38.0 Å². The lowest BCUT2D eigenvalue weighted by molar-refractivity contribution is 0.371. The van der Waals surface area contributed by atoms with E-state index in [-0.39, 0.29) is 0 Å². The van der Waals surface area contributed by atoms with E-state index >= 15 is 0 Å². The third-order valence-electron chi connectivity index (χ3n) is 2.28. The van der Waals surface area contributed by atoms with E-state index in [1.165, 1.54) is 32.1 Å². The topological polar surface area (TPSA) is 0 Å². The fraction of sp³-hybridized carbons (Fsp3) is 0.778. The summed E-state index contributed by atoms with van der Waals surface area (Å²) >= 11 is 3.64. The van der Waals surface area contributed by atoms with E-state index < -0.39 is 0 Å². The Morgan fingerprint density at radius 1 is 1.30 bits per heavy atom. The minimum Gasteiger partial charge on any atom is -0.103 e. The molecule has 0 bridgehead atoms. The molecule has 0 amide bonds. The van der Waals surface area contributed by atoms with Gasteiger partial charge in [0.2, 0.25) is 0 Å². The molecule has 10 heavy (non-hydrogen) atoms. The van der Waals surface area contributed by atoms with E-state index in [1.54, 1.807) is 0 Å². The standard InChI is InChI=1S/C9H15Br/c1-2-3-8-4-6-9(10)7-5-8/h2,8-9H,1,3-7H2/t8-,9-. The van der Waals surface area contributed by atoms with Crippen LogP contribution in [-0.2, 0) is 0 Å². The molecule has 0 N–H and O–H groups in total. The van der Waals surface area contributed by atoms with Crippen LogP contribution in [0.25, 0.3) is 0 Å². The lowest BCUT2D eigenvalue weighted by Gasteiger charge is -2.23. The molecule has 1 saturated carbocycles. The van der Waals surface area contributed by atoms with Gasteiger partial charge in [-0.1, -0.05) is 22.0 Å². The van der Waals surface area contributed by atoms with E-state index in [1.807, 2.05) is 0 Å². The van der Waals surface area contributed by atoms with Gasteiger partial charge in [0.1, 0.15) is 0 Å². The predicted molar refractivity (Wildman–Crippen MR) is 49.5 cm³/mol. The van der Waals surface area contributed by atoms with E-state index in [0.29, 0.717) is 0 Å². The van der Waals surface area contributed by atoms with Gasteiger partial charge in [0.15, 0.2) is 0 Å². The van der Waals surface area contributed by atoms with Crippen LogP contribution in [-0.4, -0.2) is 4.83 Å². The van der Waals surface area contributed by atoms with Gasteiger partial charge in [0.05, 0.1) is 0 Å². The zero-order chi connectivity index (χ0) is 7.40. The number of hydrogen-bond donors (Lipinski definition) is 0. The summed E-state index contributed by atoms with van der Waals surface area (Å²) in [5.41, 5.74) is 0. The second kappa shape index (κ2) is 4.17. The van der Waals surface area contributed by atoms with Crippen LogP contribution in [0.5, 0.6) is 0 Å². The zero-order valence-corrected chi connectivity index (χ0v) is 7.94. The van der Waals surface area contributed by atoms with Gasteiger partial charge in [-0.2, -0.15) is 0 Å². The van der Waals surface area contributed by atoms with Crippen LogP contribution in [0.3, 0.4) is 0 Å². The Hall–Kier alpha value is 0.220. The molecule has 1 heteroatoms. The molecule has 1 aliphatic rings. The third-order valence-corrected chi connectivity index (χ3v) is 3.19. The van der Waals surface area contributed by atoms with Crippen molar-refractivity contribution in [3.05, 3.63) is 12.7 Å². The Bertz CT molecular complexity index is 101. The molecule has 0 spiro atoms. The summed E-state index contributed by atoms with van der Waals surface area (Å²) in [6.07, 6.45) is 8.78. The third kappa shape index (κ3) is 2.45. The molecule has 0 atom stereocenters. The van der Waals surface area contributed by atoms with Crippen molar-refractivity contribution in [2.24, 2.45) is 5.92 Å². The van der Waals surface area contributed by atoms with Crippen molar-refractivity contribution < 1.29 is 0 Å². The lowest BCUT2D eigenvalue weighted by Crippen LogP contribution is -2.12. The highest BCUT2D eigenvalue weighted by molar-refractivity contribution is 9.09. The summed E-state index contributed by atoms with van der Waals surface area (Å²) in [6.45, 7) is 3.76. The molecule has 0 aromatic heterocycles. The molecular formula is C9H15Br. The van der Waals surface area contributed by atoms with E-state index in [4.69, 9.17) is 0 Å². The smallest absolute Gasteiger partial charge is 0.0146 e. The zero-order valence-electron chi connectivity index (χ0n) is 6.35. The first-order valence-corrected chi connectivity index (χ1v) is 4.99. The molecule has 0 radical (unpaired) electrons. The summed E-state index contributed by atoms with van der Waals surface area (Å²) < 4.78 is 0. The van der Waals surface area contributed by atoms with Crippen LogP contribution in [0.15, 0.2) is 12.7 Å². The van der Waals surface area contributed by atoms with Gasteiger partial charge in [-0.15, -0.1) is 6.58 Å². The summed E-state index contributed by atoms with van der Waals surface area (Å²) in [5, 5.41) is 0. The molecule has 0 unspecified atom stereocenters. The minimum absolute atomic E-state index is 0.800. The average molecular weight is 203 g/mol. The average Bonchev–Trinajstić information content (AvgIpc) is 1.95. The fourth-order valence-electron chi connectivity index (χ4n) is 1.59. The van der Waals surface area contributed by atoms with Crippen LogP contribution in [0.2, 0.25) is 0 Å².